The summed E-state index contributed by atoms with van der Waals surface area (Å²) >= 11 is 0. The van der Waals surface area contributed by atoms with E-state index in [-0.39, 0.29) is 36.8 Å². The molecular weight excluding hydrogens is 274 g/mol. The number of halogens is 1. The van der Waals surface area contributed by atoms with E-state index in [0.29, 0.717) is 0 Å². The molecule has 1 rings (SSSR count). The van der Waals surface area contributed by atoms with Gasteiger partial charge in [-0.25, -0.2) is 4.39 Å². The molecule has 0 saturated heterocycles. The first-order valence-electron chi connectivity index (χ1n) is 3.30. The first kappa shape index (κ1) is 18.3. The maximum Gasteiger partial charge on any atom is 1.00 e. The molecule has 0 aliphatic rings. The van der Waals surface area contributed by atoms with Gasteiger partial charge >= 0.3 is 47.9 Å². The van der Waals surface area contributed by atoms with Gasteiger partial charge in [0.1, 0.15) is 5.82 Å². The van der Waals surface area contributed by atoms with Gasteiger partial charge in [0.2, 0.25) is 0 Å². The number of rotatable bonds is 1. The Morgan fingerprint density at radius 1 is 0.938 bits per heavy atom. The fourth-order valence-corrected chi connectivity index (χ4v) is 0.415. The standard InChI is InChI=1S/C6H5F.Na.H2O6S2.H/c7-6-4-2-1-3-5-6;;1-7(2,3)8(4,5)6;/h1-5H;;(H,1,2,3)(H,4,5,6);/q;+1;;-1. The third-order valence-corrected chi connectivity index (χ3v) is 3.13. The summed E-state index contributed by atoms with van der Waals surface area (Å²) < 4.78 is 64.4. The van der Waals surface area contributed by atoms with Crippen molar-refractivity contribution in [3.8, 4) is 0 Å². The summed E-state index contributed by atoms with van der Waals surface area (Å²) in [4.78, 5) is 0. The van der Waals surface area contributed by atoms with Crippen LogP contribution in [0.2, 0.25) is 0 Å². The molecule has 1 aromatic carbocycles. The minimum Gasteiger partial charge on any atom is -1.00 e. The van der Waals surface area contributed by atoms with Crippen LogP contribution in [0, 0.1) is 5.82 Å². The third kappa shape index (κ3) is 8.16. The van der Waals surface area contributed by atoms with Crippen molar-refractivity contribution < 1.29 is 61.3 Å². The maximum atomic E-state index is 11.9. The Labute approximate surface area is 115 Å². The van der Waals surface area contributed by atoms with Crippen molar-refractivity contribution in [1.82, 2.24) is 0 Å². The van der Waals surface area contributed by atoms with Crippen LogP contribution in [-0.2, 0) is 18.3 Å². The van der Waals surface area contributed by atoms with Gasteiger partial charge in [-0.2, -0.15) is 16.8 Å². The normalized spacial score (nSPS) is 10.7. The van der Waals surface area contributed by atoms with Crippen LogP contribution >= 0.6 is 0 Å². The van der Waals surface area contributed by atoms with E-state index in [2.05, 4.69) is 0 Å². The summed E-state index contributed by atoms with van der Waals surface area (Å²) in [6.45, 7) is 0. The molecule has 0 bridgehead atoms. The minimum absolute atomic E-state index is 0. The molecule has 0 fully saturated rings. The number of hydrogen-bond donors (Lipinski definition) is 2. The zero-order chi connectivity index (χ0) is 12.1. The van der Waals surface area contributed by atoms with Gasteiger partial charge in [0.15, 0.2) is 0 Å². The molecule has 0 unspecified atom stereocenters. The van der Waals surface area contributed by atoms with Crippen molar-refractivity contribution in [2.45, 2.75) is 0 Å². The summed E-state index contributed by atoms with van der Waals surface area (Å²) in [7, 11) is -10.6. The Morgan fingerprint density at radius 2 is 1.25 bits per heavy atom. The van der Waals surface area contributed by atoms with Crippen LogP contribution < -0.4 is 29.6 Å². The third-order valence-electron chi connectivity index (χ3n) is 0.999. The smallest absolute Gasteiger partial charge is 1.00 e. The topological polar surface area (TPSA) is 109 Å². The fraction of sp³-hybridized carbons (Fsp3) is 0. The van der Waals surface area contributed by atoms with Crippen LogP contribution in [0.3, 0.4) is 0 Å². The predicted octanol–water partition coefficient (Wildman–Crippen LogP) is -2.38. The molecule has 0 atom stereocenters. The summed E-state index contributed by atoms with van der Waals surface area (Å²) in [6, 6.07) is 7.94. The molecule has 2 N–H and O–H groups in total. The molecule has 0 aliphatic heterocycles. The molecule has 6 nitrogen and oxygen atoms in total. The molecule has 0 aromatic heterocycles. The van der Waals surface area contributed by atoms with E-state index < -0.39 is 18.3 Å². The van der Waals surface area contributed by atoms with Gasteiger partial charge < -0.3 is 1.43 Å². The largest absolute Gasteiger partial charge is 1.00 e. The SMILES string of the molecule is Fc1ccccc1.O=S(=O)(O)S(=O)(=O)O.[H-].[Na+]. The molecule has 0 radical (unpaired) electrons. The Bertz CT molecular complexity index is 473. The van der Waals surface area contributed by atoms with Crippen LogP contribution in [0.5, 0.6) is 0 Å². The van der Waals surface area contributed by atoms with Gasteiger partial charge in [-0.1, -0.05) is 18.2 Å². The second kappa shape index (κ2) is 7.33. The fourth-order valence-electron chi connectivity index (χ4n) is 0.415. The number of benzene rings is 1. The maximum absolute atomic E-state index is 11.9. The van der Waals surface area contributed by atoms with Crippen molar-refractivity contribution in [2.75, 3.05) is 0 Å². The average molecular weight is 282 g/mol. The minimum atomic E-state index is -5.31. The molecule has 0 heterocycles. The van der Waals surface area contributed by atoms with Crippen LogP contribution in [-0.4, -0.2) is 25.9 Å². The van der Waals surface area contributed by atoms with Crippen molar-refractivity contribution >= 4 is 18.3 Å². The van der Waals surface area contributed by atoms with Gasteiger partial charge in [0, 0.05) is 0 Å². The van der Waals surface area contributed by atoms with Crippen molar-refractivity contribution in [1.29, 1.82) is 0 Å². The van der Waals surface area contributed by atoms with Crippen LogP contribution in [0.1, 0.15) is 1.43 Å². The van der Waals surface area contributed by atoms with Crippen LogP contribution in [0.4, 0.5) is 4.39 Å². The molecular formula is C6H8FNaO6S2. The molecule has 1 aromatic rings. The Hall–Kier alpha value is -0.0300. The summed E-state index contributed by atoms with van der Waals surface area (Å²) in [5.74, 6) is -0.178. The van der Waals surface area contributed by atoms with Gasteiger partial charge in [-0.05, 0) is 12.1 Å². The summed E-state index contributed by atoms with van der Waals surface area (Å²) in [5, 5.41) is 0. The zero-order valence-electron chi connectivity index (χ0n) is 9.11. The van der Waals surface area contributed by atoms with Gasteiger partial charge in [0.05, 0.1) is 0 Å². The Kier molecular flexibility index (Phi) is 8.40. The van der Waals surface area contributed by atoms with Crippen LogP contribution in [0.25, 0.3) is 0 Å². The monoisotopic (exact) mass is 282 g/mol. The van der Waals surface area contributed by atoms with E-state index in [9.17, 15) is 21.2 Å². The molecule has 10 heteroatoms. The van der Waals surface area contributed by atoms with E-state index in [1.807, 2.05) is 0 Å². The first-order chi connectivity index (χ1) is 6.64. The van der Waals surface area contributed by atoms with E-state index >= 15 is 0 Å². The summed E-state index contributed by atoms with van der Waals surface area (Å²) in [6.07, 6.45) is 0. The quantitative estimate of drug-likeness (QED) is 0.338. The second-order valence-electron chi connectivity index (χ2n) is 2.15. The van der Waals surface area contributed by atoms with E-state index in [0.717, 1.165) is 0 Å². The van der Waals surface area contributed by atoms with E-state index in [1.165, 1.54) is 12.1 Å². The van der Waals surface area contributed by atoms with Crippen molar-refractivity contribution in [3.05, 3.63) is 36.1 Å². The average Bonchev–Trinajstić information content (AvgIpc) is 2.02. The molecule has 88 valence electrons. The van der Waals surface area contributed by atoms with E-state index in [4.69, 9.17) is 9.11 Å². The van der Waals surface area contributed by atoms with Crippen molar-refractivity contribution in [3.63, 3.8) is 0 Å². The van der Waals surface area contributed by atoms with Gasteiger partial charge in [-0.15, -0.1) is 0 Å². The van der Waals surface area contributed by atoms with Gasteiger partial charge in [0.25, 0.3) is 0 Å². The Balaban J connectivity index is -0.000000207. The molecule has 0 spiro atoms. The molecule has 0 saturated carbocycles. The van der Waals surface area contributed by atoms with E-state index in [1.54, 1.807) is 18.2 Å². The van der Waals surface area contributed by atoms with Crippen molar-refractivity contribution in [2.24, 2.45) is 0 Å². The Morgan fingerprint density at radius 3 is 1.38 bits per heavy atom. The predicted molar refractivity (Wildman–Crippen MR) is 50.6 cm³/mol. The summed E-state index contributed by atoms with van der Waals surface area (Å²) in [5.41, 5.74) is 0. The zero-order valence-corrected chi connectivity index (χ0v) is 11.7. The second-order valence-corrected chi connectivity index (χ2v) is 6.39. The number of hydrogen-bond acceptors (Lipinski definition) is 4. The molecule has 0 aliphatic carbocycles. The van der Waals surface area contributed by atoms with Gasteiger partial charge in [-0.3, -0.25) is 9.11 Å². The molecule has 16 heavy (non-hydrogen) atoms. The first-order valence-corrected chi connectivity index (χ1v) is 6.70. The molecule has 0 amide bonds. The van der Waals surface area contributed by atoms with Crippen LogP contribution in [0.15, 0.2) is 30.3 Å².